The summed E-state index contributed by atoms with van der Waals surface area (Å²) in [6.45, 7) is 6.35. The fourth-order valence-electron chi connectivity index (χ4n) is 1.92. The predicted molar refractivity (Wildman–Crippen MR) is 87.6 cm³/mol. The van der Waals surface area contributed by atoms with E-state index in [9.17, 15) is 0 Å². The second-order valence-electron chi connectivity index (χ2n) is 5.33. The quantitative estimate of drug-likeness (QED) is 0.803. The van der Waals surface area contributed by atoms with Crippen LogP contribution in [0.15, 0.2) is 40.2 Å². The van der Waals surface area contributed by atoms with Crippen LogP contribution in [0.4, 0.5) is 5.69 Å². The molecule has 0 bridgehead atoms. The van der Waals surface area contributed by atoms with Crippen molar-refractivity contribution in [2.45, 2.75) is 25.8 Å². The molecule has 1 aromatic carbocycles. The summed E-state index contributed by atoms with van der Waals surface area (Å²) in [5.41, 5.74) is 7.90. The van der Waals surface area contributed by atoms with Crippen LogP contribution < -0.4 is 11.1 Å². The molecule has 0 aliphatic carbocycles. The van der Waals surface area contributed by atoms with Crippen LogP contribution in [0.5, 0.6) is 0 Å². The van der Waals surface area contributed by atoms with Crippen LogP contribution in [0.25, 0.3) is 0 Å². The number of halogens is 1. The Kier molecular flexibility index (Phi) is 4.66. The van der Waals surface area contributed by atoms with Crippen molar-refractivity contribution in [1.82, 2.24) is 5.32 Å². The average molecular weight is 339 g/mol. The van der Waals surface area contributed by atoms with E-state index in [1.807, 2.05) is 12.1 Å². The third kappa shape index (κ3) is 4.06. The lowest BCUT2D eigenvalue weighted by molar-refractivity contribution is 0.477. The normalized spacial score (nSPS) is 11.7. The first-order valence-electron chi connectivity index (χ1n) is 6.28. The summed E-state index contributed by atoms with van der Waals surface area (Å²) in [6.07, 6.45) is 0. The maximum Gasteiger partial charge on any atom is 0.0701 e. The van der Waals surface area contributed by atoms with Gasteiger partial charge in [0.15, 0.2) is 0 Å². The Morgan fingerprint density at radius 1 is 1.16 bits per heavy atom. The molecule has 0 amide bonds. The van der Waals surface area contributed by atoms with Crippen molar-refractivity contribution in [3.8, 4) is 0 Å². The molecular formula is C15H19BrN2S. The van der Waals surface area contributed by atoms with Gasteiger partial charge in [0.2, 0.25) is 0 Å². The van der Waals surface area contributed by atoms with Gasteiger partial charge in [-0.25, -0.2) is 0 Å². The van der Waals surface area contributed by atoms with Gasteiger partial charge in [-0.1, -0.05) is 26.0 Å². The highest BCUT2D eigenvalue weighted by molar-refractivity contribution is 9.11. The zero-order valence-corrected chi connectivity index (χ0v) is 13.6. The summed E-state index contributed by atoms with van der Waals surface area (Å²) in [5, 5.41) is 3.52. The van der Waals surface area contributed by atoms with Gasteiger partial charge in [0, 0.05) is 29.1 Å². The fourth-order valence-corrected chi connectivity index (χ4v) is 3.41. The number of nitrogen functional groups attached to an aromatic ring is 1. The summed E-state index contributed by atoms with van der Waals surface area (Å²) in [7, 11) is 0. The summed E-state index contributed by atoms with van der Waals surface area (Å²) in [4.78, 5) is 1.39. The first-order valence-corrected chi connectivity index (χ1v) is 7.89. The molecular weight excluding hydrogens is 320 g/mol. The number of anilines is 1. The second-order valence-corrected chi connectivity index (χ2v) is 7.80. The minimum atomic E-state index is 0.143. The van der Waals surface area contributed by atoms with Gasteiger partial charge in [-0.15, -0.1) is 11.3 Å². The van der Waals surface area contributed by atoms with Crippen molar-refractivity contribution in [2.75, 3.05) is 12.3 Å². The molecule has 0 fully saturated rings. The van der Waals surface area contributed by atoms with Crippen LogP contribution in [-0.4, -0.2) is 6.54 Å². The van der Waals surface area contributed by atoms with Gasteiger partial charge < -0.3 is 11.1 Å². The molecule has 4 heteroatoms. The van der Waals surface area contributed by atoms with Crippen LogP contribution in [-0.2, 0) is 12.0 Å². The van der Waals surface area contributed by atoms with Crippen LogP contribution in [0.3, 0.4) is 0 Å². The summed E-state index contributed by atoms with van der Waals surface area (Å²) in [6, 6.07) is 12.3. The molecule has 0 atom stereocenters. The first-order chi connectivity index (χ1) is 8.97. The molecule has 0 radical (unpaired) electrons. The first kappa shape index (κ1) is 14.6. The van der Waals surface area contributed by atoms with Crippen molar-refractivity contribution < 1.29 is 0 Å². The van der Waals surface area contributed by atoms with E-state index in [0.717, 1.165) is 18.8 Å². The topological polar surface area (TPSA) is 38.0 Å². The van der Waals surface area contributed by atoms with Gasteiger partial charge in [0.1, 0.15) is 0 Å². The van der Waals surface area contributed by atoms with Gasteiger partial charge in [0.25, 0.3) is 0 Å². The molecule has 1 aromatic heterocycles. The van der Waals surface area contributed by atoms with Gasteiger partial charge >= 0.3 is 0 Å². The lowest BCUT2D eigenvalue weighted by Crippen LogP contribution is -2.31. The summed E-state index contributed by atoms with van der Waals surface area (Å²) < 4.78 is 1.19. The second kappa shape index (κ2) is 6.07. The van der Waals surface area contributed by atoms with E-state index in [4.69, 9.17) is 5.73 Å². The van der Waals surface area contributed by atoms with Crippen molar-refractivity contribution in [3.63, 3.8) is 0 Å². The standard InChI is InChI=1S/C15H19BrN2S/c1-15(2,13-7-8-14(16)19-13)10-18-9-11-3-5-12(17)6-4-11/h3-8,18H,9-10,17H2,1-2H3. The average Bonchev–Trinajstić information content (AvgIpc) is 2.79. The van der Waals surface area contributed by atoms with E-state index in [0.29, 0.717) is 0 Å². The van der Waals surface area contributed by atoms with Crippen LogP contribution in [0.2, 0.25) is 0 Å². The van der Waals surface area contributed by atoms with Crippen LogP contribution >= 0.6 is 27.3 Å². The lowest BCUT2D eigenvalue weighted by atomic mass is 9.91. The van der Waals surface area contributed by atoms with Crippen molar-refractivity contribution >= 4 is 33.0 Å². The summed E-state index contributed by atoms with van der Waals surface area (Å²) in [5.74, 6) is 0. The maximum atomic E-state index is 5.68. The number of nitrogens with one attached hydrogen (secondary N) is 1. The van der Waals surface area contributed by atoms with Crippen molar-refractivity contribution in [1.29, 1.82) is 0 Å². The third-order valence-corrected chi connectivity index (χ3v) is 5.11. The van der Waals surface area contributed by atoms with Gasteiger partial charge in [-0.05, 0) is 45.8 Å². The van der Waals surface area contributed by atoms with E-state index in [-0.39, 0.29) is 5.41 Å². The molecule has 0 aliphatic rings. The predicted octanol–water partition coefficient (Wildman–Crippen LogP) is 4.16. The van der Waals surface area contributed by atoms with E-state index < -0.39 is 0 Å². The highest BCUT2D eigenvalue weighted by Gasteiger charge is 2.21. The Bertz CT molecular complexity index is 531. The Labute approximate surface area is 127 Å². The van der Waals surface area contributed by atoms with Crippen LogP contribution in [0.1, 0.15) is 24.3 Å². The molecule has 0 spiro atoms. The Hall–Kier alpha value is -0.840. The minimum Gasteiger partial charge on any atom is -0.399 e. The molecule has 0 saturated heterocycles. The molecule has 0 saturated carbocycles. The Morgan fingerprint density at radius 2 is 1.84 bits per heavy atom. The SMILES string of the molecule is CC(C)(CNCc1ccc(N)cc1)c1ccc(Br)s1. The molecule has 2 nitrogen and oxygen atoms in total. The van der Waals surface area contributed by atoms with E-state index >= 15 is 0 Å². The maximum absolute atomic E-state index is 5.68. The Balaban J connectivity index is 1.89. The van der Waals surface area contributed by atoms with E-state index in [2.05, 4.69) is 59.4 Å². The minimum absolute atomic E-state index is 0.143. The van der Waals surface area contributed by atoms with E-state index in [1.54, 1.807) is 11.3 Å². The molecule has 19 heavy (non-hydrogen) atoms. The lowest BCUT2D eigenvalue weighted by Gasteiger charge is -2.23. The largest absolute Gasteiger partial charge is 0.399 e. The number of hydrogen-bond donors (Lipinski definition) is 2. The monoisotopic (exact) mass is 338 g/mol. The number of rotatable bonds is 5. The van der Waals surface area contributed by atoms with E-state index in [1.165, 1.54) is 14.2 Å². The number of nitrogens with two attached hydrogens (primary N) is 1. The highest BCUT2D eigenvalue weighted by atomic mass is 79.9. The highest BCUT2D eigenvalue weighted by Crippen LogP contribution is 2.32. The van der Waals surface area contributed by atoms with Gasteiger partial charge in [-0.2, -0.15) is 0 Å². The van der Waals surface area contributed by atoms with Crippen molar-refractivity contribution in [3.05, 3.63) is 50.6 Å². The fraction of sp³-hybridized carbons (Fsp3) is 0.333. The van der Waals surface area contributed by atoms with Crippen molar-refractivity contribution in [2.24, 2.45) is 0 Å². The zero-order chi connectivity index (χ0) is 13.9. The molecule has 0 unspecified atom stereocenters. The van der Waals surface area contributed by atoms with Gasteiger partial charge in [0.05, 0.1) is 3.79 Å². The molecule has 2 rings (SSSR count). The smallest absolute Gasteiger partial charge is 0.0701 e. The third-order valence-electron chi connectivity index (χ3n) is 3.12. The number of hydrogen-bond acceptors (Lipinski definition) is 3. The number of benzene rings is 1. The number of thiophene rings is 1. The molecule has 2 aromatic rings. The molecule has 1 heterocycles. The Morgan fingerprint density at radius 3 is 2.42 bits per heavy atom. The van der Waals surface area contributed by atoms with Gasteiger partial charge in [-0.3, -0.25) is 0 Å². The zero-order valence-electron chi connectivity index (χ0n) is 11.2. The molecule has 102 valence electrons. The van der Waals surface area contributed by atoms with Crippen LogP contribution in [0, 0.1) is 0 Å². The summed E-state index contributed by atoms with van der Waals surface area (Å²) >= 11 is 5.33. The molecule has 0 aliphatic heterocycles. The molecule has 3 N–H and O–H groups in total.